The van der Waals surface area contributed by atoms with Crippen molar-refractivity contribution in [2.45, 2.75) is 46.1 Å². The molecule has 152 valence electrons. The zero-order valence-corrected chi connectivity index (χ0v) is 19.2. The van der Waals surface area contributed by atoms with E-state index in [0.29, 0.717) is 24.8 Å². The molecule has 7 nitrogen and oxygen atoms in total. The monoisotopic (exact) mass is 500 g/mol. The summed E-state index contributed by atoms with van der Waals surface area (Å²) in [5, 5.41) is 6.13. The van der Waals surface area contributed by atoms with Crippen molar-refractivity contribution in [1.82, 2.24) is 15.5 Å². The molecule has 0 aromatic rings. The molecular formula is C17H33IN4O3S. The predicted molar refractivity (Wildman–Crippen MR) is 116 cm³/mol. The first-order valence-corrected chi connectivity index (χ1v) is 11.1. The molecule has 0 saturated carbocycles. The highest BCUT2D eigenvalue weighted by atomic mass is 127. The zero-order valence-electron chi connectivity index (χ0n) is 16.0. The number of carbonyl (C=O) groups excluding carboxylic acids is 1. The van der Waals surface area contributed by atoms with Gasteiger partial charge >= 0.3 is 0 Å². The lowest BCUT2D eigenvalue weighted by molar-refractivity contribution is -0.121. The Balaban J connectivity index is 0.00000338. The number of carbonyl (C=O) groups is 1. The summed E-state index contributed by atoms with van der Waals surface area (Å²) in [7, 11) is -2.97. The van der Waals surface area contributed by atoms with Crippen molar-refractivity contribution in [1.29, 1.82) is 0 Å². The molecule has 9 heteroatoms. The van der Waals surface area contributed by atoms with Crippen LogP contribution < -0.4 is 10.6 Å². The van der Waals surface area contributed by atoms with Crippen LogP contribution in [-0.4, -0.2) is 68.9 Å². The molecule has 3 atom stereocenters. The van der Waals surface area contributed by atoms with Crippen molar-refractivity contribution in [3.63, 3.8) is 0 Å². The van der Waals surface area contributed by atoms with Gasteiger partial charge in [0.05, 0.1) is 18.1 Å². The summed E-state index contributed by atoms with van der Waals surface area (Å²) in [5.41, 5.74) is 0. The molecule has 2 aliphatic rings. The molecule has 2 saturated heterocycles. The van der Waals surface area contributed by atoms with Gasteiger partial charge in [0, 0.05) is 32.1 Å². The Hall–Kier alpha value is -0.580. The maximum Gasteiger partial charge on any atom is 0.222 e. The first-order chi connectivity index (χ1) is 11.8. The van der Waals surface area contributed by atoms with Gasteiger partial charge < -0.3 is 15.5 Å². The second-order valence-corrected chi connectivity index (χ2v) is 9.73. The number of hydrogen-bond acceptors (Lipinski definition) is 4. The average molecular weight is 500 g/mol. The van der Waals surface area contributed by atoms with Crippen LogP contribution in [0.5, 0.6) is 0 Å². The molecule has 2 heterocycles. The highest BCUT2D eigenvalue weighted by Crippen LogP contribution is 2.20. The van der Waals surface area contributed by atoms with Crippen LogP contribution in [0, 0.1) is 11.8 Å². The van der Waals surface area contributed by atoms with Crippen molar-refractivity contribution >= 4 is 45.7 Å². The van der Waals surface area contributed by atoms with Gasteiger partial charge in [0.1, 0.15) is 0 Å². The van der Waals surface area contributed by atoms with Crippen LogP contribution in [0.4, 0.5) is 0 Å². The van der Waals surface area contributed by atoms with E-state index in [4.69, 9.17) is 0 Å². The molecule has 0 radical (unpaired) electrons. The van der Waals surface area contributed by atoms with Gasteiger partial charge in [0.2, 0.25) is 5.91 Å². The van der Waals surface area contributed by atoms with Gasteiger partial charge in [0.15, 0.2) is 15.8 Å². The van der Waals surface area contributed by atoms with E-state index in [-0.39, 0.29) is 53.9 Å². The molecule has 3 unspecified atom stereocenters. The summed E-state index contributed by atoms with van der Waals surface area (Å²) < 4.78 is 22.9. The SMILES string of the molecule is CCNC(=NCCC(=O)NC1CCS(=O)(=O)C1)N1CC(C)CC(C)C1.I. The molecule has 1 amide bonds. The number of aliphatic imine (C=N–C) groups is 1. The van der Waals surface area contributed by atoms with Crippen LogP contribution in [0.3, 0.4) is 0 Å². The standard InChI is InChI=1S/C17H32N4O3S.HI/c1-4-18-17(21-10-13(2)9-14(3)11-21)19-7-5-16(22)20-15-6-8-25(23,24)12-15;/h13-15H,4-12H2,1-3H3,(H,18,19)(H,20,22);1H. The first kappa shape index (κ1) is 23.5. The lowest BCUT2D eigenvalue weighted by atomic mass is 9.92. The molecule has 26 heavy (non-hydrogen) atoms. The summed E-state index contributed by atoms with van der Waals surface area (Å²) in [5.74, 6) is 2.26. The third-order valence-corrected chi connectivity index (χ3v) is 6.47. The number of amides is 1. The maximum absolute atomic E-state index is 12.0. The fraction of sp³-hybridized carbons (Fsp3) is 0.882. The first-order valence-electron chi connectivity index (χ1n) is 9.32. The van der Waals surface area contributed by atoms with E-state index in [9.17, 15) is 13.2 Å². The van der Waals surface area contributed by atoms with Gasteiger partial charge in [-0.05, 0) is 31.6 Å². The second-order valence-electron chi connectivity index (χ2n) is 7.50. The number of nitrogens with one attached hydrogen (secondary N) is 2. The van der Waals surface area contributed by atoms with Crippen molar-refractivity contribution in [3.8, 4) is 0 Å². The largest absolute Gasteiger partial charge is 0.357 e. The van der Waals surface area contributed by atoms with Crippen molar-refractivity contribution in [2.24, 2.45) is 16.8 Å². The van der Waals surface area contributed by atoms with E-state index in [2.05, 4.69) is 34.4 Å². The fourth-order valence-electron chi connectivity index (χ4n) is 3.73. The van der Waals surface area contributed by atoms with Gasteiger partial charge in [0.25, 0.3) is 0 Å². The minimum atomic E-state index is -2.97. The highest BCUT2D eigenvalue weighted by molar-refractivity contribution is 14.0. The summed E-state index contributed by atoms with van der Waals surface area (Å²) in [6.07, 6.45) is 2.04. The van der Waals surface area contributed by atoms with Crippen LogP contribution in [0.2, 0.25) is 0 Å². The molecule has 0 bridgehead atoms. The number of halogens is 1. The van der Waals surface area contributed by atoms with E-state index in [1.165, 1.54) is 6.42 Å². The molecule has 0 aromatic carbocycles. The van der Waals surface area contributed by atoms with Crippen LogP contribution in [0.15, 0.2) is 4.99 Å². The third kappa shape index (κ3) is 7.58. The Kier molecular flexibility index (Phi) is 9.63. The molecule has 0 aromatic heterocycles. The number of likely N-dealkylation sites (tertiary alicyclic amines) is 1. The number of sulfone groups is 1. The molecule has 0 spiro atoms. The van der Waals surface area contributed by atoms with E-state index in [0.717, 1.165) is 25.6 Å². The lowest BCUT2D eigenvalue weighted by Crippen LogP contribution is -2.48. The summed E-state index contributed by atoms with van der Waals surface area (Å²) in [4.78, 5) is 18.9. The average Bonchev–Trinajstić information content (AvgIpc) is 2.84. The minimum Gasteiger partial charge on any atom is -0.357 e. The van der Waals surface area contributed by atoms with Gasteiger partial charge in [-0.2, -0.15) is 0 Å². The molecule has 0 aliphatic carbocycles. The quantitative estimate of drug-likeness (QED) is 0.337. The lowest BCUT2D eigenvalue weighted by Gasteiger charge is -2.37. The molecule has 2 N–H and O–H groups in total. The summed E-state index contributed by atoms with van der Waals surface area (Å²) >= 11 is 0. The second kappa shape index (κ2) is 10.7. The minimum absolute atomic E-state index is 0. The summed E-state index contributed by atoms with van der Waals surface area (Å²) in [6.45, 7) is 9.74. The third-order valence-electron chi connectivity index (χ3n) is 4.70. The van der Waals surface area contributed by atoms with E-state index in [1.54, 1.807) is 0 Å². The number of guanidine groups is 1. The molecule has 2 aliphatic heterocycles. The van der Waals surface area contributed by atoms with Gasteiger partial charge in [-0.1, -0.05) is 13.8 Å². The Morgan fingerprint density at radius 1 is 1.23 bits per heavy atom. The van der Waals surface area contributed by atoms with E-state index >= 15 is 0 Å². The smallest absolute Gasteiger partial charge is 0.222 e. The molecule has 2 fully saturated rings. The van der Waals surface area contributed by atoms with E-state index in [1.807, 2.05) is 6.92 Å². The zero-order chi connectivity index (χ0) is 18.4. The van der Waals surface area contributed by atoms with Crippen molar-refractivity contribution in [2.75, 3.05) is 37.7 Å². The van der Waals surface area contributed by atoms with Gasteiger partial charge in [-0.25, -0.2) is 8.42 Å². The van der Waals surface area contributed by atoms with Gasteiger partial charge in [-0.3, -0.25) is 9.79 Å². The van der Waals surface area contributed by atoms with Gasteiger partial charge in [-0.15, -0.1) is 24.0 Å². The summed E-state index contributed by atoms with van der Waals surface area (Å²) in [6, 6.07) is -0.237. The Morgan fingerprint density at radius 3 is 2.42 bits per heavy atom. The molecular weight excluding hydrogens is 467 g/mol. The van der Waals surface area contributed by atoms with Crippen molar-refractivity contribution < 1.29 is 13.2 Å². The van der Waals surface area contributed by atoms with Crippen LogP contribution in [-0.2, 0) is 14.6 Å². The normalized spacial score (nSPS) is 28.3. The topological polar surface area (TPSA) is 90.9 Å². The predicted octanol–water partition coefficient (Wildman–Crippen LogP) is 1.24. The van der Waals surface area contributed by atoms with Crippen LogP contribution in [0.1, 0.15) is 40.0 Å². The number of piperidine rings is 1. The van der Waals surface area contributed by atoms with E-state index < -0.39 is 9.84 Å². The highest BCUT2D eigenvalue weighted by Gasteiger charge is 2.28. The number of rotatable bonds is 5. The Morgan fingerprint density at radius 2 is 1.88 bits per heavy atom. The fourth-order valence-corrected chi connectivity index (χ4v) is 5.41. The Bertz CT molecular complexity index is 587. The number of hydrogen-bond donors (Lipinski definition) is 2. The maximum atomic E-state index is 12.0. The Labute approximate surface area is 174 Å². The molecule has 2 rings (SSSR count). The van der Waals surface area contributed by atoms with Crippen molar-refractivity contribution in [3.05, 3.63) is 0 Å². The van der Waals surface area contributed by atoms with Crippen LogP contribution in [0.25, 0.3) is 0 Å². The van der Waals surface area contributed by atoms with Crippen LogP contribution >= 0.6 is 24.0 Å². The number of nitrogens with zero attached hydrogens (tertiary/aromatic N) is 2.